The van der Waals surface area contributed by atoms with Gasteiger partial charge in [-0.1, -0.05) is 36.4 Å². The highest BCUT2D eigenvalue weighted by Gasteiger charge is 2.41. The summed E-state index contributed by atoms with van der Waals surface area (Å²) in [7, 11) is -3.01. The fraction of sp³-hybridized carbons (Fsp3) is 0.200. The highest BCUT2D eigenvalue weighted by atomic mass is 31.2. The number of rotatable bonds is 3. The molecule has 1 heterocycles. The Morgan fingerprint density at radius 3 is 2.47 bits per heavy atom. The van der Waals surface area contributed by atoms with Gasteiger partial charge in [-0.15, -0.1) is 0 Å². The predicted octanol–water partition coefficient (Wildman–Crippen LogP) is 2.37. The summed E-state index contributed by atoms with van der Waals surface area (Å²) in [6.07, 6.45) is 0.181. The van der Waals surface area contributed by atoms with Crippen LogP contribution in [0, 0.1) is 0 Å². The number of aliphatic hydroxyl groups excluding tert-OH is 1. The van der Waals surface area contributed by atoms with Crippen molar-refractivity contribution in [1.29, 1.82) is 0 Å². The zero-order chi connectivity index (χ0) is 13.3. The molecule has 0 bridgehead atoms. The van der Waals surface area contributed by atoms with Crippen LogP contribution in [0.25, 0.3) is 0 Å². The smallest absolute Gasteiger partial charge is 0.262 e. The van der Waals surface area contributed by atoms with Crippen molar-refractivity contribution in [2.24, 2.45) is 0 Å². The van der Waals surface area contributed by atoms with Gasteiger partial charge in [-0.3, -0.25) is 4.57 Å². The lowest BCUT2D eigenvalue weighted by molar-refractivity contribution is 0.172. The van der Waals surface area contributed by atoms with Gasteiger partial charge in [-0.05, 0) is 23.8 Å². The Labute approximate surface area is 112 Å². The van der Waals surface area contributed by atoms with E-state index in [1.165, 1.54) is 0 Å². The minimum absolute atomic E-state index is 0.0216. The fourth-order valence-electron chi connectivity index (χ4n) is 2.47. The second-order valence-electron chi connectivity index (χ2n) is 4.55. The molecule has 1 aliphatic rings. The first-order valence-corrected chi connectivity index (χ1v) is 7.92. The lowest BCUT2D eigenvalue weighted by atomic mass is 10.1. The first kappa shape index (κ1) is 12.6. The van der Waals surface area contributed by atoms with E-state index in [0.717, 1.165) is 10.9 Å². The second-order valence-corrected chi connectivity index (χ2v) is 6.86. The molecule has 2 atom stereocenters. The summed E-state index contributed by atoms with van der Waals surface area (Å²) in [4.78, 5) is 0. The molecule has 3 nitrogen and oxygen atoms in total. The summed E-state index contributed by atoms with van der Waals surface area (Å²) < 4.78 is 19.1. The SMILES string of the molecule is O=P1(c2ccccc2)OC(CCO)c2ccccc21. The molecule has 0 spiro atoms. The van der Waals surface area contributed by atoms with E-state index >= 15 is 0 Å². The highest BCUT2D eigenvalue weighted by molar-refractivity contribution is 7.74. The molecule has 2 aromatic carbocycles. The van der Waals surface area contributed by atoms with Crippen LogP contribution in [-0.2, 0) is 9.09 Å². The van der Waals surface area contributed by atoms with Crippen LogP contribution in [0.4, 0.5) is 0 Å². The minimum atomic E-state index is -3.01. The molecule has 0 aliphatic carbocycles. The Kier molecular flexibility index (Phi) is 3.28. The van der Waals surface area contributed by atoms with E-state index in [2.05, 4.69) is 0 Å². The van der Waals surface area contributed by atoms with Gasteiger partial charge in [0, 0.05) is 23.6 Å². The van der Waals surface area contributed by atoms with Gasteiger partial charge in [0.25, 0.3) is 7.37 Å². The molecule has 1 aliphatic heterocycles. The predicted molar refractivity (Wildman–Crippen MR) is 75.3 cm³/mol. The lowest BCUT2D eigenvalue weighted by Crippen LogP contribution is -2.13. The van der Waals surface area contributed by atoms with E-state index in [0.29, 0.717) is 11.7 Å². The number of benzene rings is 2. The molecule has 0 amide bonds. The summed E-state index contributed by atoms with van der Waals surface area (Å²) in [6.45, 7) is 0.0216. The molecule has 98 valence electrons. The van der Waals surface area contributed by atoms with Gasteiger partial charge < -0.3 is 9.63 Å². The lowest BCUT2D eigenvalue weighted by Gasteiger charge is -2.14. The van der Waals surface area contributed by atoms with Crippen LogP contribution in [0.3, 0.4) is 0 Å². The minimum Gasteiger partial charge on any atom is -0.396 e. The van der Waals surface area contributed by atoms with E-state index in [4.69, 9.17) is 9.63 Å². The van der Waals surface area contributed by atoms with Crippen LogP contribution in [0.2, 0.25) is 0 Å². The number of aliphatic hydroxyl groups is 1. The van der Waals surface area contributed by atoms with Gasteiger partial charge in [0.05, 0.1) is 6.10 Å². The van der Waals surface area contributed by atoms with E-state index in [1.54, 1.807) is 0 Å². The maximum atomic E-state index is 13.2. The van der Waals surface area contributed by atoms with Gasteiger partial charge >= 0.3 is 0 Å². The molecule has 0 fully saturated rings. The zero-order valence-corrected chi connectivity index (χ0v) is 11.3. The summed E-state index contributed by atoms with van der Waals surface area (Å²) in [6, 6.07) is 16.9. The molecule has 2 unspecified atom stereocenters. The molecular weight excluding hydrogens is 259 g/mol. The van der Waals surface area contributed by atoms with Crippen LogP contribution in [0.5, 0.6) is 0 Å². The third kappa shape index (κ3) is 2.04. The molecule has 0 aromatic heterocycles. The Hall–Kier alpha value is -1.41. The molecule has 0 saturated heterocycles. The van der Waals surface area contributed by atoms with Crippen LogP contribution in [0.15, 0.2) is 54.6 Å². The Bertz CT molecular complexity index is 624. The topological polar surface area (TPSA) is 46.5 Å². The van der Waals surface area contributed by atoms with Crippen LogP contribution in [-0.4, -0.2) is 11.7 Å². The molecule has 4 heteroatoms. The van der Waals surface area contributed by atoms with Crippen LogP contribution < -0.4 is 10.6 Å². The maximum Gasteiger partial charge on any atom is 0.262 e. The number of fused-ring (bicyclic) bond motifs is 1. The van der Waals surface area contributed by atoms with E-state index in [-0.39, 0.29) is 12.7 Å². The standard InChI is InChI=1S/C15H15O3P/c16-11-10-14-13-8-4-5-9-15(13)19(17,18-14)12-6-2-1-3-7-12/h1-9,14,16H,10-11H2. The van der Waals surface area contributed by atoms with Gasteiger partial charge in [0.2, 0.25) is 0 Å². The summed E-state index contributed by atoms with van der Waals surface area (Å²) >= 11 is 0. The molecule has 0 radical (unpaired) electrons. The quantitative estimate of drug-likeness (QED) is 0.874. The van der Waals surface area contributed by atoms with Crippen molar-refractivity contribution in [3.63, 3.8) is 0 Å². The van der Waals surface area contributed by atoms with Crippen LogP contribution >= 0.6 is 7.37 Å². The Morgan fingerprint density at radius 1 is 1.05 bits per heavy atom. The summed E-state index contributed by atoms with van der Waals surface area (Å²) in [5, 5.41) is 10.6. The number of hydrogen-bond donors (Lipinski definition) is 1. The van der Waals surface area contributed by atoms with Crippen molar-refractivity contribution in [2.75, 3.05) is 6.61 Å². The molecule has 0 saturated carbocycles. The molecule has 1 N–H and O–H groups in total. The van der Waals surface area contributed by atoms with E-state index < -0.39 is 7.37 Å². The van der Waals surface area contributed by atoms with Gasteiger partial charge in [0.15, 0.2) is 0 Å². The van der Waals surface area contributed by atoms with E-state index in [1.807, 2.05) is 54.6 Å². The van der Waals surface area contributed by atoms with Gasteiger partial charge in [0.1, 0.15) is 0 Å². The maximum absolute atomic E-state index is 13.2. The van der Waals surface area contributed by atoms with Crippen molar-refractivity contribution >= 4 is 18.0 Å². The summed E-state index contributed by atoms with van der Waals surface area (Å²) in [5.41, 5.74) is 0.934. The normalized spacial score (nSPS) is 25.2. The second kappa shape index (κ2) is 4.93. The van der Waals surface area contributed by atoms with Gasteiger partial charge in [-0.2, -0.15) is 0 Å². The van der Waals surface area contributed by atoms with Crippen LogP contribution in [0.1, 0.15) is 18.1 Å². The summed E-state index contributed by atoms with van der Waals surface area (Å²) in [5.74, 6) is 0. The Morgan fingerprint density at radius 2 is 1.74 bits per heavy atom. The molecule has 3 rings (SSSR count). The first-order valence-electron chi connectivity index (χ1n) is 6.30. The highest BCUT2D eigenvalue weighted by Crippen LogP contribution is 2.56. The first-order chi connectivity index (χ1) is 9.25. The largest absolute Gasteiger partial charge is 0.396 e. The molecular formula is C15H15O3P. The van der Waals surface area contributed by atoms with Crippen molar-refractivity contribution in [3.8, 4) is 0 Å². The third-order valence-electron chi connectivity index (χ3n) is 3.36. The van der Waals surface area contributed by atoms with Crippen molar-refractivity contribution in [3.05, 3.63) is 60.2 Å². The van der Waals surface area contributed by atoms with Crippen molar-refractivity contribution < 1.29 is 14.2 Å². The zero-order valence-electron chi connectivity index (χ0n) is 10.4. The Balaban J connectivity index is 2.13. The monoisotopic (exact) mass is 274 g/mol. The fourth-order valence-corrected chi connectivity index (χ4v) is 4.97. The van der Waals surface area contributed by atoms with Crippen molar-refractivity contribution in [1.82, 2.24) is 0 Å². The van der Waals surface area contributed by atoms with Gasteiger partial charge in [-0.25, -0.2) is 0 Å². The average molecular weight is 274 g/mol. The van der Waals surface area contributed by atoms with E-state index in [9.17, 15) is 4.57 Å². The molecule has 19 heavy (non-hydrogen) atoms. The third-order valence-corrected chi connectivity index (χ3v) is 5.93. The molecule has 2 aromatic rings. The van der Waals surface area contributed by atoms with Crippen molar-refractivity contribution in [2.45, 2.75) is 12.5 Å². The number of hydrogen-bond acceptors (Lipinski definition) is 3. The average Bonchev–Trinajstić information content (AvgIpc) is 2.75.